The van der Waals surface area contributed by atoms with Gasteiger partial charge in [0.15, 0.2) is 5.69 Å². The normalized spacial score (nSPS) is 17.9. The van der Waals surface area contributed by atoms with Crippen LogP contribution in [0.3, 0.4) is 0 Å². The molecule has 0 saturated heterocycles. The maximum absolute atomic E-state index is 11.6. The standard InChI is InChI=1S/C13H12N4O2/c1-6-5-8(18)16-13-9(6)7-3-2-4-15-10(7)11(17-13)12(14)19/h2-4,6H,5H2,1H3,(H2,14,19)(H,16,17,18). The minimum atomic E-state index is -0.654. The molecular formula is C13H12N4O2. The second-order valence-electron chi connectivity index (χ2n) is 4.64. The highest BCUT2D eigenvalue weighted by atomic mass is 16.2. The Morgan fingerprint density at radius 3 is 3.05 bits per heavy atom. The van der Waals surface area contributed by atoms with Gasteiger partial charge in [0, 0.05) is 23.6 Å². The zero-order valence-electron chi connectivity index (χ0n) is 10.3. The molecule has 1 unspecified atom stereocenters. The molecule has 1 aliphatic rings. The molecule has 0 spiro atoms. The molecule has 1 aliphatic heterocycles. The summed E-state index contributed by atoms with van der Waals surface area (Å²) in [4.78, 5) is 31.4. The molecule has 1 atom stereocenters. The smallest absolute Gasteiger partial charge is 0.269 e. The Bertz CT molecular complexity index is 711. The number of nitrogens with two attached hydrogens (primary N) is 1. The third kappa shape index (κ3) is 1.72. The van der Waals surface area contributed by atoms with Gasteiger partial charge in [-0.2, -0.15) is 0 Å². The van der Waals surface area contributed by atoms with Gasteiger partial charge in [0.25, 0.3) is 5.91 Å². The number of primary amides is 1. The van der Waals surface area contributed by atoms with E-state index in [1.807, 2.05) is 13.0 Å². The van der Waals surface area contributed by atoms with Crippen LogP contribution in [0.2, 0.25) is 0 Å². The van der Waals surface area contributed by atoms with E-state index in [0.29, 0.717) is 17.8 Å². The van der Waals surface area contributed by atoms with Crippen molar-refractivity contribution in [1.82, 2.24) is 9.97 Å². The van der Waals surface area contributed by atoms with Gasteiger partial charge in [-0.1, -0.05) is 13.0 Å². The van der Waals surface area contributed by atoms with Gasteiger partial charge in [-0.25, -0.2) is 4.98 Å². The summed E-state index contributed by atoms with van der Waals surface area (Å²) in [6.45, 7) is 1.95. The largest absolute Gasteiger partial charge is 0.364 e. The van der Waals surface area contributed by atoms with E-state index in [1.165, 1.54) is 0 Å². The average Bonchev–Trinajstić information content (AvgIpc) is 2.36. The molecule has 0 saturated carbocycles. The molecule has 0 aliphatic carbocycles. The van der Waals surface area contributed by atoms with Crippen LogP contribution in [0.5, 0.6) is 0 Å². The predicted octanol–water partition coefficient (Wildman–Crippen LogP) is 1.17. The fourth-order valence-electron chi connectivity index (χ4n) is 2.49. The number of nitrogens with one attached hydrogen (secondary N) is 1. The summed E-state index contributed by atoms with van der Waals surface area (Å²) in [5, 5.41) is 3.51. The van der Waals surface area contributed by atoms with Crippen molar-refractivity contribution in [3.8, 4) is 0 Å². The number of fused-ring (bicyclic) bond motifs is 3. The maximum Gasteiger partial charge on any atom is 0.269 e. The van der Waals surface area contributed by atoms with Gasteiger partial charge in [-0.3, -0.25) is 14.6 Å². The third-order valence-electron chi connectivity index (χ3n) is 3.28. The van der Waals surface area contributed by atoms with Crippen molar-refractivity contribution < 1.29 is 9.59 Å². The number of rotatable bonds is 1. The molecule has 2 aromatic heterocycles. The average molecular weight is 256 g/mol. The minimum absolute atomic E-state index is 0.0323. The quantitative estimate of drug-likeness (QED) is 0.800. The van der Waals surface area contributed by atoms with Crippen LogP contribution < -0.4 is 11.1 Å². The molecule has 3 N–H and O–H groups in total. The predicted molar refractivity (Wildman–Crippen MR) is 69.7 cm³/mol. The highest BCUT2D eigenvalue weighted by molar-refractivity contribution is 6.07. The summed E-state index contributed by atoms with van der Waals surface area (Å²) in [5.41, 5.74) is 6.81. The lowest BCUT2D eigenvalue weighted by Gasteiger charge is -2.23. The van der Waals surface area contributed by atoms with Crippen molar-refractivity contribution in [2.45, 2.75) is 19.3 Å². The van der Waals surface area contributed by atoms with Crippen molar-refractivity contribution in [1.29, 1.82) is 0 Å². The summed E-state index contributed by atoms with van der Waals surface area (Å²) in [7, 11) is 0. The molecule has 3 heterocycles. The Kier molecular flexibility index (Phi) is 2.45. The number of anilines is 1. The second-order valence-corrected chi connectivity index (χ2v) is 4.64. The van der Waals surface area contributed by atoms with Gasteiger partial charge < -0.3 is 11.1 Å². The molecule has 0 bridgehead atoms. The highest BCUT2D eigenvalue weighted by Crippen LogP contribution is 2.36. The van der Waals surface area contributed by atoms with E-state index in [1.54, 1.807) is 12.3 Å². The molecule has 96 valence electrons. The molecule has 2 aromatic rings. The number of nitrogens with zero attached hydrogens (tertiary/aromatic N) is 2. The molecule has 19 heavy (non-hydrogen) atoms. The van der Waals surface area contributed by atoms with Gasteiger partial charge in [-0.05, 0) is 12.0 Å². The molecule has 0 fully saturated rings. The molecule has 0 radical (unpaired) electrons. The summed E-state index contributed by atoms with van der Waals surface area (Å²) >= 11 is 0. The fraction of sp³-hybridized carbons (Fsp3) is 0.231. The topological polar surface area (TPSA) is 98.0 Å². The fourth-order valence-corrected chi connectivity index (χ4v) is 2.49. The highest BCUT2D eigenvalue weighted by Gasteiger charge is 2.27. The maximum atomic E-state index is 11.6. The van der Waals surface area contributed by atoms with Crippen molar-refractivity contribution in [3.05, 3.63) is 29.6 Å². The molecule has 3 rings (SSSR count). The van der Waals surface area contributed by atoms with Crippen LogP contribution in [0.4, 0.5) is 5.82 Å². The SMILES string of the molecule is CC1CC(=O)Nc2nc(C(N)=O)c3ncccc3c21. The molecule has 2 amide bonds. The van der Waals surface area contributed by atoms with E-state index in [-0.39, 0.29) is 17.5 Å². The first-order valence-corrected chi connectivity index (χ1v) is 5.96. The van der Waals surface area contributed by atoms with Crippen molar-refractivity contribution >= 4 is 28.5 Å². The van der Waals surface area contributed by atoms with E-state index in [4.69, 9.17) is 5.73 Å². The zero-order valence-corrected chi connectivity index (χ0v) is 10.3. The second kappa shape index (κ2) is 4.01. The van der Waals surface area contributed by atoms with E-state index in [0.717, 1.165) is 10.9 Å². The summed E-state index contributed by atoms with van der Waals surface area (Å²) in [6.07, 6.45) is 1.99. The molecule has 6 heteroatoms. The van der Waals surface area contributed by atoms with E-state index < -0.39 is 5.91 Å². The zero-order chi connectivity index (χ0) is 13.6. The van der Waals surface area contributed by atoms with Crippen molar-refractivity contribution in [3.63, 3.8) is 0 Å². The van der Waals surface area contributed by atoms with Gasteiger partial charge in [0.1, 0.15) is 11.3 Å². The van der Waals surface area contributed by atoms with E-state index >= 15 is 0 Å². The number of amides is 2. The van der Waals surface area contributed by atoms with Crippen LogP contribution in [0.15, 0.2) is 18.3 Å². The Labute approximate surface area is 109 Å². The molecule has 0 aromatic carbocycles. The first-order chi connectivity index (χ1) is 9.08. The van der Waals surface area contributed by atoms with Gasteiger partial charge in [0.05, 0.1) is 0 Å². The summed E-state index contributed by atoms with van der Waals surface area (Å²) < 4.78 is 0. The van der Waals surface area contributed by atoms with Crippen LogP contribution in [0.1, 0.15) is 35.3 Å². The summed E-state index contributed by atoms with van der Waals surface area (Å²) in [5.74, 6) is -0.312. The van der Waals surface area contributed by atoms with Crippen LogP contribution in [0, 0.1) is 0 Å². The number of hydrogen-bond donors (Lipinski definition) is 2. The number of carbonyl (C=O) groups excluding carboxylic acids is 2. The van der Waals surface area contributed by atoms with E-state index in [2.05, 4.69) is 15.3 Å². The van der Waals surface area contributed by atoms with Crippen LogP contribution in [-0.2, 0) is 4.79 Å². The van der Waals surface area contributed by atoms with Crippen molar-refractivity contribution in [2.24, 2.45) is 5.73 Å². The Morgan fingerprint density at radius 1 is 1.53 bits per heavy atom. The lowest BCUT2D eigenvalue weighted by atomic mass is 9.91. The Morgan fingerprint density at radius 2 is 2.32 bits per heavy atom. The lowest BCUT2D eigenvalue weighted by molar-refractivity contribution is -0.116. The van der Waals surface area contributed by atoms with Gasteiger partial charge in [0.2, 0.25) is 5.91 Å². The minimum Gasteiger partial charge on any atom is -0.364 e. The number of carbonyl (C=O) groups is 2. The Balaban J connectivity index is 2.40. The lowest BCUT2D eigenvalue weighted by Crippen LogP contribution is -2.25. The van der Waals surface area contributed by atoms with Crippen molar-refractivity contribution in [2.75, 3.05) is 5.32 Å². The van der Waals surface area contributed by atoms with Crippen LogP contribution in [-0.4, -0.2) is 21.8 Å². The number of pyridine rings is 2. The third-order valence-corrected chi connectivity index (χ3v) is 3.28. The van der Waals surface area contributed by atoms with Crippen LogP contribution >= 0.6 is 0 Å². The molecule has 6 nitrogen and oxygen atoms in total. The van der Waals surface area contributed by atoms with Crippen LogP contribution in [0.25, 0.3) is 10.9 Å². The van der Waals surface area contributed by atoms with E-state index in [9.17, 15) is 9.59 Å². The van der Waals surface area contributed by atoms with Gasteiger partial charge >= 0.3 is 0 Å². The monoisotopic (exact) mass is 256 g/mol. The first kappa shape index (κ1) is 11.6. The van der Waals surface area contributed by atoms with Gasteiger partial charge in [-0.15, -0.1) is 0 Å². The molecular weight excluding hydrogens is 244 g/mol. The summed E-state index contributed by atoms with van der Waals surface area (Å²) in [6, 6.07) is 3.65. The number of aromatic nitrogens is 2. The Hall–Kier alpha value is -2.50. The first-order valence-electron chi connectivity index (χ1n) is 5.96. The number of hydrogen-bond acceptors (Lipinski definition) is 4.